The second-order valence-electron chi connectivity index (χ2n) is 7.95. The quantitative estimate of drug-likeness (QED) is 0.289. The predicted octanol–water partition coefficient (Wildman–Crippen LogP) is 6.96. The number of aliphatic carboxylic acids is 1. The molecule has 0 heterocycles. The first-order valence-corrected chi connectivity index (χ1v) is 11.1. The van der Waals surface area contributed by atoms with Gasteiger partial charge < -0.3 is 9.84 Å². The molecule has 3 atom stereocenters. The van der Waals surface area contributed by atoms with Crippen LogP contribution in [0.2, 0.25) is 0 Å². The number of hydrogen-bond donors (Lipinski definition) is 1. The second-order valence-corrected chi connectivity index (χ2v) is 7.95. The number of hydrogen-bond acceptors (Lipinski definition) is 2. The van der Waals surface area contributed by atoms with Crippen molar-refractivity contribution >= 4 is 5.97 Å². The van der Waals surface area contributed by atoms with Crippen molar-refractivity contribution in [2.75, 3.05) is 0 Å². The van der Waals surface area contributed by atoms with Gasteiger partial charge in [-0.05, 0) is 62.5 Å². The van der Waals surface area contributed by atoms with Crippen molar-refractivity contribution in [3.05, 3.63) is 66.8 Å². The molecule has 2 rings (SSSR count). The van der Waals surface area contributed by atoms with E-state index in [1.165, 1.54) is 44.9 Å². The normalized spacial score (nSPS) is 20.7. The first-order chi connectivity index (χ1) is 14.2. The van der Waals surface area contributed by atoms with Crippen molar-refractivity contribution in [3.63, 3.8) is 0 Å². The van der Waals surface area contributed by atoms with Gasteiger partial charge in [-0.1, -0.05) is 74.8 Å². The molecule has 3 nitrogen and oxygen atoms in total. The SMILES string of the molecule is CCCCC(CCC[C@H]1CCC[C@@H]1C=CC=CC=CC(=O)O)Oc1ccccc1. The van der Waals surface area contributed by atoms with E-state index < -0.39 is 5.97 Å². The van der Waals surface area contributed by atoms with E-state index >= 15 is 0 Å². The van der Waals surface area contributed by atoms with Crippen molar-refractivity contribution in [3.8, 4) is 5.75 Å². The fourth-order valence-electron chi connectivity index (χ4n) is 4.14. The van der Waals surface area contributed by atoms with Crippen LogP contribution in [0.25, 0.3) is 0 Å². The fourth-order valence-corrected chi connectivity index (χ4v) is 4.14. The molecule has 0 aliphatic heterocycles. The lowest BCUT2D eigenvalue weighted by atomic mass is 9.89. The Balaban J connectivity index is 1.77. The van der Waals surface area contributed by atoms with Crippen LogP contribution in [0.5, 0.6) is 5.75 Å². The lowest BCUT2D eigenvalue weighted by Gasteiger charge is -2.21. The Morgan fingerprint density at radius 2 is 1.86 bits per heavy atom. The highest BCUT2D eigenvalue weighted by Crippen LogP contribution is 2.36. The van der Waals surface area contributed by atoms with Gasteiger partial charge in [0.25, 0.3) is 0 Å². The maximum Gasteiger partial charge on any atom is 0.328 e. The minimum Gasteiger partial charge on any atom is -0.490 e. The van der Waals surface area contributed by atoms with Gasteiger partial charge in [0.1, 0.15) is 5.75 Å². The number of ether oxygens (including phenoxy) is 1. The maximum atomic E-state index is 10.4. The van der Waals surface area contributed by atoms with E-state index in [4.69, 9.17) is 9.84 Å². The Morgan fingerprint density at radius 3 is 2.62 bits per heavy atom. The third kappa shape index (κ3) is 9.65. The van der Waals surface area contributed by atoms with Crippen molar-refractivity contribution in [1.82, 2.24) is 0 Å². The van der Waals surface area contributed by atoms with E-state index in [9.17, 15) is 4.79 Å². The molecule has 1 saturated carbocycles. The Kier molecular flexibility index (Phi) is 11.0. The van der Waals surface area contributed by atoms with Gasteiger partial charge in [0, 0.05) is 6.08 Å². The summed E-state index contributed by atoms with van der Waals surface area (Å²) in [6, 6.07) is 10.2. The molecular formula is C26H36O3. The smallest absolute Gasteiger partial charge is 0.328 e. The lowest BCUT2D eigenvalue weighted by Crippen LogP contribution is -2.17. The molecule has 1 N–H and O–H groups in total. The summed E-state index contributed by atoms with van der Waals surface area (Å²) in [7, 11) is 0. The highest BCUT2D eigenvalue weighted by molar-refractivity contribution is 5.80. The third-order valence-corrected chi connectivity index (χ3v) is 5.67. The van der Waals surface area contributed by atoms with Crippen molar-refractivity contribution < 1.29 is 14.6 Å². The predicted molar refractivity (Wildman–Crippen MR) is 120 cm³/mol. The monoisotopic (exact) mass is 396 g/mol. The van der Waals surface area contributed by atoms with Crippen LogP contribution in [0.15, 0.2) is 66.8 Å². The number of allylic oxidation sites excluding steroid dienone is 5. The first kappa shape index (κ1) is 23.0. The van der Waals surface area contributed by atoms with Crippen molar-refractivity contribution in [2.24, 2.45) is 11.8 Å². The topological polar surface area (TPSA) is 46.5 Å². The molecule has 1 fully saturated rings. The Bertz CT molecular complexity index is 660. The average molecular weight is 397 g/mol. The number of carbonyl (C=O) groups is 1. The summed E-state index contributed by atoms with van der Waals surface area (Å²) in [5.41, 5.74) is 0. The van der Waals surface area contributed by atoms with Crippen LogP contribution < -0.4 is 4.74 Å². The minimum absolute atomic E-state index is 0.316. The van der Waals surface area contributed by atoms with Crippen LogP contribution in [0, 0.1) is 11.8 Å². The van der Waals surface area contributed by atoms with Gasteiger partial charge in [0.2, 0.25) is 0 Å². The van der Waals surface area contributed by atoms with E-state index in [-0.39, 0.29) is 0 Å². The van der Waals surface area contributed by atoms with E-state index in [1.54, 1.807) is 12.2 Å². The van der Waals surface area contributed by atoms with E-state index in [0.29, 0.717) is 12.0 Å². The van der Waals surface area contributed by atoms with Gasteiger partial charge in [0.05, 0.1) is 6.10 Å². The molecule has 1 aliphatic rings. The second kappa shape index (κ2) is 13.8. The highest BCUT2D eigenvalue weighted by atomic mass is 16.5. The molecule has 3 heteroatoms. The zero-order chi connectivity index (χ0) is 20.7. The molecular weight excluding hydrogens is 360 g/mol. The summed E-state index contributed by atoms with van der Waals surface area (Å²) in [6.45, 7) is 2.24. The summed E-state index contributed by atoms with van der Waals surface area (Å²) in [4.78, 5) is 10.4. The average Bonchev–Trinajstić information content (AvgIpc) is 3.16. The number of rotatable bonds is 13. The van der Waals surface area contributed by atoms with E-state index in [0.717, 1.165) is 30.6 Å². The summed E-state index contributed by atoms with van der Waals surface area (Å²) < 4.78 is 6.26. The van der Waals surface area contributed by atoms with Gasteiger partial charge in [-0.15, -0.1) is 0 Å². The molecule has 0 radical (unpaired) electrons. The number of benzene rings is 1. The summed E-state index contributed by atoms with van der Waals surface area (Å²) in [5.74, 6) is 1.48. The number of carboxylic acid groups (broad SMARTS) is 1. The molecule has 29 heavy (non-hydrogen) atoms. The summed E-state index contributed by atoms with van der Waals surface area (Å²) in [5, 5.41) is 8.58. The Hall–Kier alpha value is -2.29. The summed E-state index contributed by atoms with van der Waals surface area (Å²) >= 11 is 0. The van der Waals surface area contributed by atoms with Crippen LogP contribution in [-0.2, 0) is 4.79 Å². The summed E-state index contributed by atoms with van der Waals surface area (Å²) in [6.07, 6.45) is 22.1. The van der Waals surface area contributed by atoms with Gasteiger partial charge in [-0.3, -0.25) is 0 Å². The zero-order valence-electron chi connectivity index (χ0n) is 17.7. The van der Waals surface area contributed by atoms with Crippen LogP contribution in [0.4, 0.5) is 0 Å². The molecule has 0 bridgehead atoms. The number of para-hydroxylation sites is 1. The van der Waals surface area contributed by atoms with Gasteiger partial charge in [0.15, 0.2) is 0 Å². The van der Waals surface area contributed by atoms with Crippen LogP contribution >= 0.6 is 0 Å². The van der Waals surface area contributed by atoms with Gasteiger partial charge >= 0.3 is 5.97 Å². The molecule has 1 aromatic rings. The molecule has 1 aliphatic carbocycles. The molecule has 1 aromatic carbocycles. The molecule has 0 aromatic heterocycles. The minimum atomic E-state index is -0.914. The first-order valence-electron chi connectivity index (χ1n) is 11.1. The molecule has 0 spiro atoms. The number of carboxylic acids is 1. The van der Waals surface area contributed by atoms with Gasteiger partial charge in [-0.2, -0.15) is 0 Å². The fraction of sp³-hybridized carbons (Fsp3) is 0.500. The highest BCUT2D eigenvalue weighted by Gasteiger charge is 2.24. The van der Waals surface area contributed by atoms with E-state index in [1.807, 2.05) is 24.3 Å². The van der Waals surface area contributed by atoms with Crippen molar-refractivity contribution in [1.29, 1.82) is 0 Å². The molecule has 0 saturated heterocycles. The molecule has 158 valence electrons. The molecule has 0 amide bonds. The van der Waals surface area contributed by atoms with Crippen molar-refractivity contribution in [2.45, 2.75) is 70.8 Å². The standard InChI is InChI=1S/C26H36O3/c1-2-3-17-24(29-25-18-8-6-9-19-25)20-12-16-23-15-11-14-22(23)13-7-4-5-10-21-26(27)28/h4-10,13,18-19,21-24H,2-3,11-12,14-17,20H2,1H3,(H,27,28)/t22-,23+,24?/m0/s1. The maximum absolute atomic E-state index is 10.4. The number of unbranched alkanes of at least 4 members (excludes halogenated alkanes) is 1. The Morgan fingerprint density at radius 1 is 1.10 bits per heavy atom. The van der Waals surface area contributed by atoms with Crippen LogP contribution in [0.1, 0.15) is 64.7 Å². The van der Waals surface area contributed by atoms with Gasteiger partial charge in [-0.25, -0.2) is 4.79 Å². The largest absolute Gasteiger partial charge is 0.490 e. The lowest BCUT2D eigenvalue weighted by molar-refractivity contribution is -0.131. The van der Waals surface area contributed by atoms with Crippen LogP contribution in [0.3, 0.4) is 0 Å². The third-order valence-electron chi connectivity index (χ3n) is 5.67. The molecule has 1 unspecified atom stereocenters. The zero-order valence-corrected chi connectivity index (χ0v) is 17.7. The van der Waals surface area contributed by atoms with E-state index in [2.05, 4.69) is 31.2 Å². The van der Waals surface area contributed by atoms with Crippen LogP contribution in [-0.4, -0.2) is 17.2 Å². The Labute approximate surface area is 176 Å².